The highest BCUT2D eigenvalue weighted by Crippen LogP contribution is 2.30. The van der Waals surface area contributed by atoms with Crippen LogP contribution in [0.25, 0.3) is 0 Å². The minimum Gasteiger partial charge on any atom is -0.382 e. The molecule has 146 valence electrons. The minimum atomic E-state index is -4.13. The number of anilines is 1. The summed E-state index contributed by atoms with van der Waals surface area (Å²) in [5.41, 5.74) is 7.58. The molecule has 0 saturated carbocycles. The lowest BCUT2D eigenvalue weighted by Gasteiger charge is -2.12. The number of hydrazone groups is 1. The van der Waals surface area contributed by atoms with Crippen LogP contribution >= 0.6 is 0 Å². The van der Waals surface area contributed by atoms with E-state index in [0.29, 0.717) is 0 Å². The average molecular weight is 420 g/mol. The number of benzene rings is 2. The fourth-order valence-corrected chi connectivity index (χ4v) is 4.04. The zero-order valence-corrected chi connectivity index (χ0v) is 16.2. The third kappa shape index (κ3) is 4.52. The highest BCUT2D eigenvalue weighted by molar-refractivity contribution is 7.91. The molecule has 0 atom stereocenters. The summed E-state index contributed by atoms with van der Waals surface area (Å²) in [7, 11) is -8.19. The van der Waals surface area contributed by atoms with Crippen molar-refractivity contribution in [1.82, 2.24) is 0 Å². The van der Waals surface area contributed by atoms with Crippen LogP contribution < -0.4 is 16.3 Å². The molecule has 12 heteroatoms. The number of nitrogens with one attached hydrogen (secondary N) is 2. The van der Waals surface area contributed by atoms with Gasteiger partial charge < -0.3 is 5.73 Å². The highest BCUT2D eigenvalue weighted by Gasteiger charge is 2.23. The average Bonchev–Trinajstić information content (AvgIpc) is 2.61. The molecule has 0 bridgehead atoms. The number of primary sulfonamides is 1. The van der Waals surface area contributed by atoms with Crippen molar-refractivity contribution in [2.24, 2.45) is 16.0 Å². The summed E-state index contributed by atoms with van der Waals surface area (Å²) in [6.07, 6.45) is 0. The SMILES string of the molecule is Cc1ccc(S(=O)(=O)c2ccc(S(N)(=O)=O)cc2N/N=C(\C#N)C(=N)N)cc1. The molecule has 0 aliphatic carbocycles. The lowest BCUT2D eigenvalue weighted by molar-refractivity contribution is 0.593. The molecule has 0 unspecified atom stereocenters. The van der Waals surface area contributed by atoms with Crippen LogP contribution in [0.2, 0.25) is 0 Å². The van der Waals surface area contributed by atoms with Gasteiger partial charge in [0, 0.05) is 0 Å². The van der Waals surface area contributed by atoms with Gasteiger partial charge in [-0.15, -0.1) is 0 Å². The van der Waals surface area contributed by atoms with Crippen molar-refractivity contribution in [2.75, 3.05) is 5.43 Å². The van der Waals surface area contributed by atoms with E-state index >= 15 is 0 Å². The quantitative estimate of drug-likeness (QED) is 0.300. The lowest BCUT2D eigenvalue weighted by atomic mass is 10.2. The van der Waals surface area contributed by atoms with E-state index in [9.17, 15) is 16.8 Å². The topological polar surface area (TPSA) is 192 Å². The zero-order chi connectivity index (χ0) is 21.1. The Morgan fingerprint density at radius 2 is 1.68 bits per heavy atom. The van der Waals surface area contributed by atoms with Crippen molar-refractivity contribution < 1.29 is 16.8 Å². The fourth-order valence-electron chi connectivity index (χ4n) is 2.11. The molecule has 6 N–H and O–H groups in total. The van der Waals surface area contributed by atoms with Gasteiger partial charge in [-0.25, -0.2) is 22.0 Å². The first-order valence-corrected chi connectivity index (χ1v) is 10.6. The Labute approximate surface area is 162 Å². The molecule has 0 aliphatic heterocycles. The first-order valence-electron chi connectivity index (χ1n) is 7.53. The van der Waals surface area contributed by atoms with Gasteiger partial charge in [0.25, 0.3) is 0 Å². The molecule has 10 nitrogen and oxygen atoms in total. The van der Waals surface area contributed by atoms with Crippen molar-refractivity contribution in [1.29, 1.82) is 10.7 Å². The smallest absolute Gasteiger partial charge is 0.238 e. The molecule has 0 amide bonds. The third-order valence-corrected chi connectivity index (χ3v) is 6.29. The van der Waals surface area contributed by atoms with Crippen molar-refractivity contribution >= 4 is 37.1 Å². The number of hydrogen-bond donors (Lipinski definition) is 4. The van der Waals surface area contributed by atoms with Crippen LogP contribution in [-0.2, 0) is 19.9 Å². The van der Waals surface area contributed by atoms with E-state index in [4.69, 9.17) is 21.5 Å². The van der Waals surface area contributed by atoms with Crippen LogP contribution in [0.1, 0.15) is 5.56 Å². The van der Waals surface area contributed by atoms with Crippen LogP contribution in [0.15, 0.2) is 62.3 Å². The van der Waals surface area contributed by atoms with Crippen molar-refractivity contribution in [3.8, 4) is 6.07 Å². The molecule has 2 rings (SSSR count). The van der Waals surface area contributed by atoms with Gasteiger partial charge >= 0.3 is 0 Å². The molecule has 0 spiro atoms. The van der Waals surface area contributed by atoms with Crippen molar-refractivity contribution in [3.63, 3.8) is 0 Å². The van der Waals surface area contributed by atoms with Gasteiger partial charge in [-0.2, -0.15) is 10.4 Å². The van der Waals surface area contributed by atoms with Crippen LogP contribution in [0.5, 0.6) is 0 Å². The summed E-state index contributed by atoms with van der Waals surface area (Å²) in [4.78, 5) is -0.691. The van der Waals surface area contributed by atoms with Crippen LogP contribution in [-0.4, -0.2) is 28.4 Å². The number of aryl methyl sites for hydroxylation is 1. The largest absolute Gasteiger partial charge is 0.382 e. The minimum absolute atomic E-state index is 0.0273. The Hall–Kier alpha value is -3.27. The molecular weight excluding hydrogens is 404 g/mol. The molecule has 0 radical (unpaired) electrons. The third-order valence-electron chi connectivity index (χ3n) is 3.55. The fraction of sp³-hybridized carbons (Fsp3) is 0.0625. The predicted octanol–water partition coefficient (Wildman–Crippen LogP) is 0.703. The van der Waals surface area contributed by atoms with Gasteiger partial charge in [0.05, 0.1) is 20.4 Å². The number of sulfone groups is 1. The number of amidine groups is 1. The molecule has 0 aliphatic rings. The Bertz CT molecular complexity index is 1210. The van der Waals surface area contributed by atoms with Gasteiger partial charge in [-0.05, 0) is 37.3 Å². The van der Waals surface area contributed by atoms with E-state index in [1.165, 1.54) is 12.1 Å². The molecule has 0 saturated heterocycles. The van der Waals surface area contributed by atoms with Crippen molar-refractivity contribution in [2.45, 2.75) is 21.6 Å². The number of rotatable bonds is 6. The summed E-state index contributed by atoms with van der Waals surface area (Å²) in [5, 5.41) is 24.8. The molecular formula is C16H16N6O4S2. The van der Waals surface area contributed by atoms with E-state index in [1.54, 1.807) is 25.1 Å². The standard InChI is InChI=1S/C16H16N6O4S2/c1-10-2-4-11(5-3-10)27(23,24)15-7-6-12(28(20,25)26)8-13(15)21-22-14(9-17)16(18)19/h2-8,21H,1H3,(H3,18,19)(H2,20,25,26)/b22-14+. The Kier molecular flexibility index (Phi) is 5.84. The second-order valence-electron chi connectivity index (χ2n) is 5.62. The number of sulfonamides is 1. The molecule has 2 aromatic rings. The second-order valence-corrected chi connectivity index (χ2v) is 9.10. The monoisotopic (exact) mass is 420 g/mol. The molecule has 0 heterocycles. The number of nitrogens with two attached hydrogens (primary N) is 2. The first kappa shape index (κ1) is 21.0. The Morgan fingerprint density at radius 1 is 1.11 bits per heavy atom. The van der Waals surface area contributed by atoms with E-state index in [2.05, 4.69) is 10.5 Å². The highest BCUT2D eigenvalue weighted by atomic mass is 32.2. The van der Waals surface area contributed by atoms with Crippen molar-refractivity contribution in [3.05, 3.63) is 48.0 Å². The van der Waals surface area contributed by atoms with Gasteiger partial charge in [0.1, 0.15) is 6.07 Å². The molecule has 0 fully saturated rings. The summed E-state index contributed by atoms with van der Waals surface area (Å²) in [6, 6.07) is 10.7. The molecule has 0 aromatic heterocycles. The second kappa shape index (κ2) is 7.77. The number of nitriles is 1. The van der Waals surface area contributed by atoms with Gasteiger partial charge in [-0.1, -0.05) is 17.7 Å². The zero-order valence-electron chi connectivity index (χ0n) is 14.5. The maximum absolute atomic E-state index is 13.0. The first-order chi connectivity index (χ1) is 13.0. The summed E-state index contributed by atoms with van der Waals surface area (Å²) < 4.78 is 49.2. The van der Waals surface area contributed by atoms with E-state index < -0.39 is 31.4 Å². The summed E-state index contributed by atoms with van der Waals surface area (Å²) >= 11 is 0. The lowest BCUT2D eigenvalue weighted by Crippen LogP contribution is -2.22. The van der Waals surface area contributed by atoms with Crippen LogP contribution in [0.3, 0.4) is 0 Å². The Balaban J connectivity index is 2.68. The normalized spacial score (nSPS) is 12.2. The maximum atomic E-state index is 13.0. The van der Waals surface area contributed by atoms with Gasteiger partial charge in [0.2, 0.25) is 25.6 Å². The predicted molar refractivity (Wildman–Crippen MR) is 103 cm³/mol. The summed E-state index contributed by atoms with van der Waals surface area (Å²) in [6.45, 7) is 1.80. The van der Waals surface area contributed by atoms with Gasteiger partial charge in [-0.3, -0.25) is 10.8 Å². The molecule has 28 heavy (non-hydrogen) atoms. The number of hydrogen-bond acceptors (Lipinski definition) is 8. The molecule has 2 aromatic carbocycles. The van der Waals surface area contributed by atoms with E-state index in [1.807, 2.05) is 0 Å². The summed E-state index contributed by atoms with van der Waals surface area (Å²) in [5.74, 6) is -0.652. The number of nitrogens with zero attached hydrogens (tertiary/aromatic N) is 2. The van der Waals surface area contributed by atoms with Gasteiger partial charge in [0.15, 0.2) is 5.84 Å². The van der Waals surface area contributed by atoms with E-state index in [0.717, 1.165) is 23.8 Å². The van der Waals surface area contributed by atoms with Crippen LogP contribution in [0.4, 0.5) is 5.69 Å². The maximum Gasteiger partial charge on any atom is 0.238 e. The van der Waals surface area contributed by atoms with E-state index in [-0.39, 0.29) is 20.4 Å². The Morgan fingerprint density at radius 3 is 2.18 bits per heavy atom. The van der Waals surface area contributed by atoms with Crippen LogP contribution in [0, 0.1) is 23.7 Å².